The molecule has 1 aromatic rings. The van der Waals surface area contributed by atoms with E-state index < -0.39 is 0 Å². The molecule has 0 unspecified atom stereocenters. The summed E-state index contributed by atoms with van der Waals surface area (Å²) in [5.41, 5.74) is 1.65. The number of halogens is 1. The highest BCUT2D eigenvalue weighted by atomic mass is 35.5. The summed E-state index contributed by atoms with van der Waals surface area (Å²) < 4.78 is 0. The Morgan fingerprint density at radius 3 is 2.31 bits per heavy atom. The Morgan fingerprint density at radius 1 is 1.08 bits per heavy atom. The SMILES string of the molecule is O=C1C=CC=C1c1ccc(Cl)cc1. The van der Waals surface area contributed by atoms with Crippen LogP contribution in [-0.2, 0) is 4.79 Å². The molecule has 0 atom stereocenters. The lowest BCUT2D eigenvalue weighted by Crippen LogP contribution is -1.92. The number of ketones is 1. The number of hydrogen-bond donors (Lipinski definition) is 0. The number of rotatable bonds is 1. The molecule has 1 aromatic carbocycles. The van der Waals surface area contributed by atoms with E-state index in [1.165, 1.54) is 0 Å². The summed E-state index contributed by atoms with van der Waals surface area (Å²) in [5, 5.41) is 0.683. The Bertz CT molecular complexity index is 399. The van der Waals surface area contributed by atoms with Crippen LogP contribution >= 0.6 is 11.6 Å². The van der Waals surface area contributed by atoms with Crippen molar-refractivity contribution in [1.29, 1.82) is 0 Å². The Labute approximate surface area is 81.3 Å². The summed E-state index contributed by atoms with van der Waals surface area (Å²) in [6.07, 6.45) is 5.13. The minimum absolute atomic E-state index is 0.0577. The predicted molar refractivity (Wildman–Crippen MR) is 53.6 cm³/mol. The fourth-order valence-electron chi connectivity index (χ4n) is 1.27. The van der Waals surface area contributed by atoms with Crippen molar-refractivity contribution in [2.45, 2.75) is 0 Å². The number of hydrogen-bond acceptors (Lipinski definition) is 1. The van der Waals surface area contributed by atoms with Crippen molar-refractivity contribution in [3.8, 4) is 0 Å². The molecule has 1 nitrogen and oxygen atoms in total. The number of allylic oxidation sites excluding steroid dienone is 4. The van der Waals surface area contributed by atoms with Crippen LogP contribution in [0.4, 0.5) is 0 Å². The molecule has 2 rings (SSSR count). The van der Waals surface area contributed by atoms with Gasteiger partial charge in [-0.15, -0.1) is 0 Å². The van der Waals surface area contributed by atoms with Crippen molar-refractivity contribution in [2.75, 3.05) is 0 Å². The summed E-state index contributed by atoms with van der Waals surface area (Å²) in [4.78, 5) is 11.3. The van der Waals surface area contributed by atoms with E-state index in [0.717, 1.165) is 11.1 Å². The summed E-state index contributed by atoms with van der Waals surface area (Å²) in [6, 6.07) is 7.25. The van der Waals surface area contributed by atoms with Crippen LogP contribution in [0.2, 0.25) is 5.02 Å². The third kappa shape index (κ3) is 1.56. The van der Waals surface area contributed by atoms with Crippen molar-refractivity contribution in [3.05, 3.63) is 53.1 Å². The van der Waals surface area contributed by atoms with Gasteiger partial charge in [0.05, 0.1) is 0 Å². The molecule has 0 N–H and O–H groups in total. The van der Waals surface area contributed by atoms with Crippen LogP contribution in [0, 0.1) is 0 Å². The molecule has 0 spiro atoms. The zero-order valence-corrected chi connectivity index (χ0v) is 7.58. The molecule has 0 fully saturated rings. The Balaban J connectivity index is 2.38. The van der Waals surface area contributed by atoms with Gasteiger partial charge in [-0.25, -0.2) is 0 Å². The lowest BCUT2D eigenvalue weighted by atomic mass is 10.1. The van der Waals surface area contributed by atoms with Crippen molar-refractivity contribution < 1.29 is 4.79 Å². The lowest BCUT2D eigenvalue weighted by molar-refractivity contribution is -0.109. The minimum Gasteiger partial charge on any atom is -0.289 e. The number of benzene rings is 1. The molecule has 0 bridgehead atoms. The van der Waals surface area contributed by atoms with Gasteiger partial charge in [-0.3, -0.25) is 4.79 Å². The van der Waals surface area contributed by atoms with Crippen molar-refractivity contribution in [2.24, 2.45) is 0 Å². The van der Waals surface area contributed by atoms with Crippen LogP contribution in [0.25, 0.3) is 5.57 Å². The van der Waals surface area contributed by atoms with Crippen LogP contribution in [0.5, 0.6) is 0 Å². The van der Waals surface area contributed by atoms with Crippen LogP contribution in [0.15, 0.2) is 42.5 Å². The first-order valence-electron chi connectivity index (χ1n) is 3.96. The quantitative estimate of drug-likeness (QED) is 0.666. The monoisotopic (exact) mass is 190 g/mol. The van der Waals surface area contributed by atoms with Crippen LogP contribution in [0.3, 0.4) is 0 Å². The van der Waals surface area contributed by atoms with Gasteiger partial charge < -0.3 is 0 Å². The van der Waals surface area contributed by atoms with Crippen LogP contribution in [-0.4, -0.2) is 5.78 Å². The molecule has 0 aromatic heterocycles. The third-order valence-corrected chi connectivity index (χ3v) is 2.18. The van der Waals surface area contributed by atoms with Crippen molar-refractivity contribution >= 4 is 23.0 Å². The van der Waals surface area contributed by atoms with E-state index in [2.05, 4.69) is 0 Å². The molecule has 0 heterocycles. The first-order valence-corrected chi connectivity index (χ1v) is 4.34. The zero-order valence-electron chi connectivity index (χ0n) is 6.83. The second-order valence-electron chi connectivity index (χ2n) is 2.81. The summed E-state index contributed by atoms with van der Waals surface area (Å²) in [6.45, 7) is 0. The first-order chi connectivity index (χ1) is 6.27. The van der Waals surface area contributed by atoms with Gasteiger partial charge in [-0.2, -0.15) is 0 Å². The number of carbonyl (C=O) groups is 1. The zero-order chi connectivity index (χ0) is 9.26. The molecular formula is C11H7ClO. The minimum atomic E-state index is 0.0577. The summed E-state index contributed by atoms with van der Waals surface area (Å²) in [5.74, 6) is 0.0577. The molecule has 0 amide bonds. The Hall–Kier alpha value is -1.34. The maximum absolute atomic E-state index is 11.3. The van der Waals surface area contributed by atoms with Crippen LogP contribution in [0.1, 0.15) is 5.56 Å². The normalized spacial score (nSPS) is 14.8. The molecular weight excluding hydrogens is 184 g/mol. The van der Waals surface area contributed by atoms with Gasteiger partial charge in [0.15, 0.2) is 5.78 Å². The Kier molecular flexibility index (Phi) is 2.03. The van der Waals surface area contributed by atoms with E-state index in [-0.39, 0.29) is 5.78 Å². The standard InChI is InChI=1S/C11H7ClO/c12-9-6-4-8(5-7-9)10-2-1-3-11(10)13/h1-7H. The molecule has 1 aliphatic rings. The largest absolute Gasteiger partial charge is 0.289 e. The summed E-state index contributed by atoms with van der Waals surface area (Å²) in [7, 11) is 0. The fraction of sp³-hybridized carbons (Fsp3) is 0. The maximum Gasteiger partial charge on any atom is 0.186 e. The summed E-state index contributed by atoms with van der Waals surface area (Å²) >= 11 is 5.73. The van der Waals surface area contributed by atoms with E-state index in [1.54, 1.807) is 24.3 Å². The van der Waals surface area contributed by atoms with Crippen molar-refractivity contribution in [3.63, 3.8) is 0 Å². The van der Waals surface area contributed by atoms with Gasteiger partial charge in [0, 0.05) is 10.6 Å². The molecule has 0 radical (unpaired) electrons. The van der Waals surface area contributed by atoms with E-state index in [1.807, 2.05) is 18.2 Å². The second-order valence-corrected chi connectivity index (χ2v) is 3.25. The van der Waals surface area contributed by atoms with Gasteiger partial charge in [0.1, 0.15) is 0 Å². The van der Waals surface area contributed by atoms with Crippen LogP contribution < -0.4 is 0 Å². The van der Waals surface area contributed by atoms with Gasteiger partial charge in [-0.1, -0.05) is 35.9 Å². The van der Waals surface area contributed by atoms with E-state index >= 15 is 0 Å². The van der Waals surface area contributed by atoms with Gasteiger partial charge in [0.25, 0.3) is 0 Å². The van der Waals surface area contributed by atoms with E-state index in [4.69, 9.17) is 11.6 Å². The molecule has 0 saturated carbocycles. The Morgan fingerprint density at radius 2 is 1.77 bits per heavy atom. The topological polar surface area (TPSA) is 17.1 Å². The highest BCUT2D eigenvalue weighted by Gasteiger charge is 2.11. The number of carbonyl (C=O) groups excluding carboxylic acids is 1. The molecule has 64 valence electrons. The molecule has 2 heteroatoms. The van der Waals surface area contributed by atoms with Gasteiger partial charge >= 0.3 is 0 Å². The fourth-order valence-corrected chi connectivity index (χ4v) is 1.40. The van der Waals surface area contributed by atoms with Gasteiger partial charge in [0.2, 0.25) is 0 Å². The molecule has 0 saturated heterocycles. The molecule has 0 aliphatic heterocycles. The van der Waals surface area contributed by atoms with E-state index in [0.29, 0.717) is 5.02 Å². The van der Waals surface area contributed by atoms with Gasteiger partial charge in [-0.05, 0) is 23.8 Å². The molecule has 1 aliphatic carbocycles. The van der Waals surface area contributed by atoms with Crippen molar-refractivity contribution in [1.82, 2.24) is 0 Å². The second kappa shape index (κ2) is 3.19. The lowest BCUT2D eigenvalue weighted by Gasteiger charge is -1.99. The predicted octanol–water partition coefficient (Wildman–Crippen LogP) is 2.86. The smallest absolute Gasteiger partial charge is 0.186 e. The highest BCUT2D eigenvalue weighted by molar-refractivity contribution is 6.31. The average Bonchev–Trinajstić information content (AvgIpc) is 2.53. The maximum atomic E-state index is 11.3. The average molecular weight is 191 g/mol. The highest BCUT2D eigenvalue weighted by Crippen LogP contribution is 2.21. The first kappa shape index (κ1) is 8.27. The van der Waals surface area contributed by atoms with E-state index in [9.17, 15) is 4.79 Å². The third-order valence-electron chi connectivity index (χ3n) is 1.93. The molecule has 13 heavy (non-hydrogen) atoms.